The van der Waals surface area contributed by atoms with Gasteiger partial charge < -0.3 is 9.64 Å². The molecule has 1 aliphatic rings. The molecular formula is C13H26N2O4S. The standard InChI is InChI=1S/C13H26N2O4S/c1-5-10-20(17,18)15-8-6-14(7-9-15)12(16)11-19-13(2,3)4/h5-11H2,1-4H3. The number of piperazine rings is 1. The highest BCUT2D eigenvalue weighted by molar-refractivity contribution is 7.89. The minimum atomic E-state index is -3.15. The number of amides is 1. The van der Waals surface area contributed by atoms with Crippen LogP contribution >= 0.6 is 0 Å². The Balaban J connectivity index is 2.44. The Kier molecular flexibility index (Phi) is 5.97. The van der Waals surface area contributed by atoms with Gasteiger partial charge in [0, 0.05) is 26.2 Å². The third-order valence-electron chi connectivity index (χ3n) is 3.08. The number of rotatable bonds is 5. The molecule has 20 heavy (non-hydrogen) atoms. The molecule has 118 valence electrons. The molecule has 0 aromatic carbocycles. The predicted octanol–water partition coefficient (Wildman–Crippen LogP) is 0.686. The molecule has 1 heterocycles. The molecule has 1 rings (SSSR count). The maximum Gasteiger partial charge on any atom is 0.248 e. The first-order chi connectivity index (χ1) is 9.15. The van der Waals surface area contributed by atoms with Crippen molar-refractivity contribution >= 4 is 15.9 Å². The van der Waals surface area contributed by atoms with Crippen LogP contribution in [0.1, 0.15) is 34.1 Å². The smallest absolute Gasteiger partial charge is 0.248 e. The molecule has 0 atom stereocenters. The zero-order valence-electron chi connectivity index (χ0n) is 12.9. The lowest BCUT2D eigenvalue weighted by Gasteiger charge is -2.34. The summed E-state index contributed by atoms with van der Waals surface area (Å²) in [5, 5.41) is 0. The summed E-state index contributed by atoms with van der Waals surface area (Å²) >= 11 is 0. The van der Waals surface area contributed by atoms with Gasteiger partial charge in [0.1, 0.15) is 6.61 Å². The van der Waals surface area contributed by atoms with Crippen LogP contribution in [0.5, 0.6) is 0 Å². The van der Waals surface area contributed by atoms with Crippen molar-refractivity contribution in [2.24, 2.45) is 0 Å². The summed E-state index contributed by atoms with van der Waals surface area (Å²) in [7, 11) is -3.15. The van der Waals surface area contributed by atoms with E-state index in [1.807, 2.05) is 27.7 Å². The average Bonchev–Trinajstić information content (AvgIpc) is 2.35. The molecule has 0 spiro atoms. The molecule has 0 radical (unpaired) electrons. The number of hydrogen-bond donors (Lipinski definition) is 0. The molecule has 1 saturated heterocycles. The quantitative estimate of drug-likeness (QED) is 0.749. The molecule has 0 aromatic heterocycles. The molecule has 1 fully saturated rings. The van der Waals surface area contributed by atoms with Crippen LogP contribution in [-0.2, 0) is 19.6 Å². The average molecular weight is 306 g/mol. The molecule has 0 bridgehead atoms. The summed E-state index contributed by atoms with van der Waals surface area (Å²) in [6.07, 6.45) is 0.612. The summed E-state index contributed by atoms with van der Waals surface area (Å²) in [6, 6.07) is 0. The van der Waals surface area contributed by atoms with Gasteiger partial charge in [-0.05, 0) is 27.2 Å². The first-order valence-electron chi connectivity index (χ1n) is 7.05. The monoisotopic (exact) mass is 306 g/mol. The van der Waals surface area contributed by atoms with Crippen molar-refractivity contribution < 1.29 is 17.9 Å². The fraction of sp³-hybridized carbons (Fsp3) is 0.923. The van der Waals surface area contributed by atoms with Gasteiger partial charge in [-0.3, -0.25) is 4.79 Å². The molecule has 1 aliphatic heterocycles. The topological polar surface area (TPSA) is 66.9 Å². The Morgan fingerprint density at radius 3 is 2.15 bits per heavy atom. The molecule has 0 saturated carbocycles. The van der Waals surface area contributed by atoms with E-state index < -0.39 is 10.0 Å². The van der Waals surface area contributed by atoms with E-state index in [-0.39, 0.29) is 23.9 Å². The van der Waals surface area contributed by atoms with E-state index in [0.29, 0.717) is 32.6 Å². The van der Waals surface area contributed by atoms with Crippen LogP contribution < -0.4 is 0 Å². The van der Waals surface area contributed by atoms with Crippen molar-refractivity contribution in [2.45, 2.75) is 39.7 Å². The molecule has 0 aliphatic carbocycles. The Labute approximate surface area is 122 Å². The second kappa shape index (κ2) is 6.87. The van der Waals surface area contributed by atoms with Gasteiger partial charge in [0.15, 0.2) is 0 Å². The van der Waals surface area contributed by atoms with E-state index >= 15 is 0 Å². The van der Waals surface area contributed by atoms with Gasteiger partial charge in [-0.25, -0.2) is 8.42 Å². The SMILES string of the molecule is CCCS(=O)(=O)N1CCN(C(=O)COC(C)(C)C)CC1. The van der Waals surface area contributed by atoms with Gasteiger partial charge in [-0.15, -0.1) is 0 Å². The Bertz CT molecular complexity index is 420. The van der Waals surface area contributed by atoms with Gasteiger partial charge >= 0.3 is 0 Å². The van der Waals surface area contributed by atoms with Crippen LogP contribution in [0.2, 0.25) is 0 Å². The largest absolute Gasteiger partial charge is 0.366 e. The van der Waals surface area contributed by atoms with Crippen molar-refractivity contribution in [3.05, 3.63) is 0 Å². The molecular weight excluding hydrogens is 280 g/mol. The molecule has 1 amide bonds. The Morgan fingerprint density at radius 1 is 1.15 bits per heavy atom. The third kappa shape index (κ3) is 5.38. The van der Waals surface area contributed by atoms with E-state index in [4.69, 9.17) is 4.74 Å². The fourth-order valence-corrected chi connectivity index (χ4v) is 3.47. The van der Waals surface area contributed by atoms with Crippen LogP contribution in [-0.4, -0.2) is 67.7 Å². The van der Waals surface area contributed by atoms with Gasteiger partial charge in [0.2, 0.25) is 15.9 Å². The highest BCUT2D eigenvalue weighted by Gasteiger charge is 2.28. The van der Waals surface area contributed by atoms with Gasteiger partial charge in [-0.1, -0.05) is 6.92 Å². The van der Waals surface area contributed by atoms with E-state index in [1.54, 1.807) is 4.90 Å². The highest BCUT2D eigenvalue weighted by atomic mass is 32.2. The van der Waals surface area contributed by atoms with E-state index in [0.717, 1.165) is 0 Å². The van der Waals surface area contributed by atoms with Gasteiger partial charge in [-0.2, -0.15) is 4.31 Å². The van der Waals surface area contributed by atoms with Crippen LogP contribution in [0.15, 0.2) is 0 Å². The zero-order chi connectivity index (χ0) is 15.4. The predicted molar refractivity (Wildman–Crippen MR) is 77.9 cm³/mol. The number of ether oxygens (including phenoxy) is 1. The van der Waals surface area contributed by atoms with Gasteiger partial charge in [0.05, 0.1) is 11.4 Å². The van der Waals surface area contributed by atoms with E-state index in [1.165, 1.54) is 4.31 Å². The molecule has 0 aromatic rings. The van der Waals surface area contributed by atoms with Gasteiger partial charge in [0.25, 0.3) is 0 Å². The first kappa shape index (κ1) is 17.4. The van der Waals surface area contributed by atoms with Crippen LogP contribution in [0, 0.1) is 0 Å². The molecule has 0 unspecified atom stereocenters. The third-order valence-corrected chi connectivity index (χ3v) is 5.15. The summed E-state index contributed by atoms with van der Waals surface area (Å²) in [5.41, 5.74) is -0.345. The van der Waals surface area contributed by atoms with Crippen molar-refractivity contribution in [1.82, 2.24) is 9.21 Å². The van der Waals surface area contributed by atoms with Crippen molar-refractivity contribution in [1.29, 1.82) is 0 Å². The summed E-state index contributed by atoms with van der Waals surface area (Å²) in [4.78, 5) is 13.6. The second-order valence-corrected chi connectivity index (χ2v) is 8.09. The van der Waals surface area contributed by atoms with Crippen molar-refractivity contribution in [3.8, 4) is 0 Å². The number of nitrogens with zero attached hydrogens (tertiary/aromatic N) is 2. The Morgan fingerprint density at radius 2 is 1.70 bits per heavy atom. The lowest BCUT2D eigenvalue weighted by atomic mass is 10.2. The molecule has 7 heteroatoms. The number of carbonyl (C=O) groups excluding carboxylic acids is 1. The fourth-order valence-electron chi connectivity index (χ4n) is 1.97. The van der Waals surface area contributed by atoms with E-state index in [2.05, 4.69) is 0 Å². The summed E-state index contributed by atoms with van der Waals surface area (Å²) < 4.78 is 30.8. The first-order valence-corrected chi connectivity index (χ1v) is 8.66. The van der Waals surface area contributed by atoms with Crippen molar-refractivity contribution in [3.63, 3.8) is 0 Å². The minimum absolute atomic E-state index is 0.0468. The van der Waals surface area contributed by atoms with E-state index in [9.17, 15) is 13.2 Å². The number of sulfonamides is 1. The lowest BCUT2D eigenvalue weighted by molar-refractivity contribution is -0.142. The lowest BCUT2D eigenvalue weighted by Crippen LogP contribution is -2.52. The zero-order valence-corrected chi connectivity index (χ0v) is 13.7. The van der Waals surface area contributed by atoms with Crippen LogP contribution in [0.3, 0.4) is 0 Å². The summed E-state index contributed by atoms with van der Waals surface area (Å²) in [6.45, 7) is 9.23. The van der Waals surface area contributed by atoms with Crippen LogP contribution in [0.25, 0.3) is 0 Å². The minimum Gasteiger partial charge on any atom is -0.366 e. The molecule has 0 N–H and O–H groups in total. The van der Waals surface area contributed by atoms with Crippen LogP contribution in [0.4, 0.5) is 0 Å². The number of hydrogen-bond acceptors (Lipinski definition) is 4. The number of carbonyl (C=O) groups is 1. The summed E-state index contributed by atoms with van der Waals surface area (Å²) in [5.74, 6) is 0.0983. The van der Waals surface area contributed by atoms with Crippen molar-refractivity contribution in [2.75, 3.05) is 38.5 Å². The maximum atomic E-state index is 12.0. The molecule has 6 nitrogen and oxygen atoms in total. The second-order valence-electron chi connectivity index (χ2n) is 6.00. The highest BCUT2D eigenvalue weighted by Crippen LogP contribution is 2.11. The maximum absolute atomic E-state index is 12.0. The Hall–Kier alpha value is -0.660. The normalized spacial score (nSPS) is 18.3.